The number of nitrogens with two attached hydrogens (primary N) is 1. The predicted molar refractivity (Wildman–Crippen MR) is 83.3 cm³/mol. The largest absolute Gasteiger partial charge is 0.495 e. The Labute approximate surface area is 122 Å². The van der Waals surface area contributed by atoms with E-state index in [4.69, 9.17) is 10.5 Å². The molecule has 1 rings (SSSR count). The van der Waals surface area contributed by atoms with Crippen molar-refractivity contribution >= 4 is 28.1 Å². The molecule has 0 fully saturated rings. The number of ether oxygens (including phenoxy) is 1. The monoisotopic (exact) mass is 298 g/mol. The smallest absolute Gasteiger partial charge is 0.239 e. The van der Waals surface area contributed by atoms with Crippen LogP contribution < -0.4 is 15.8 Å². The van der Waals surface area contributed by atoms with Gasteiger partial charge in [-0.05, 0) is 31.0 Å². The summed E-state index contributed by atoms with van der Waals surface area (Å²) in [5, 5.41) is 2.14. The highest BCUT2D eigenvalue weighted by Crippen LogP contribution is 2.26. The molecule has 20 heavy (non-hydrogen) atoms. The van der Waals surface area contributed by atoms with Crippen molar-refractivity contribution in [2.24, 2.45) is 5.92 Å². The van der Waals surface area contributed by atoms with E-state index in [9.17, 15) is 9.00 Å². The quantitative estimate of drug-likeness (QED) is 0.787. The van der Waals surface area contributed by atoms with E-state index in [2.05, 4.69) is 5.32 Å². The van der Waals surface area contributed by atoms with Crippen LogP contribution in [0.5, 0.6) is 5.75 Å². The second kappa shape index (κ2) is 7.28. The van der Waals surface area contributed by atoms with Gasteiger partial charge in [-0.25, -0.2) is 0 Å². The zero-order valence-electron chi connectivity index (χ0n) is 12.3. The molecule has 1 aromatic rings. The summed E-state index contributed by atoms with van der Waals surface area (Å²) >= 11 is 0. The Hall–Kier alpha value is -1.56. The lowest BCUT2D eigenvalue weighted by atomic mass is 10.2. The third kappa shape index (κ3) is 4.52. The Balaban J connectivity index is 2.80. The number of nitrogens with one attached hydrogen (secondary N) is 1. The number of hydrogen-bond donors (Lipinski definition) is 2. The minimum atomic E-state index is -1.20. The van der Waals surface area contributed by atoms with E-state index in [0.29, 0.717) is 22.9 Å². The first-order chi connectivity index (χ1) is 9.35. The number of benzene rings is 1. The van der Waals surface area contributed by atoms with Crippen LogP contribution in [0.3, 0.4) is 0 Å². The molecule has 5 nitrogen and oxygen atoms in total. The Bertz CT molecular complexity index is 503. The summed E-state index contributed by atoms with van der Waals surface area (Å²) in [6.07, 6.45) is 0. The summed E-state index contributed by atoms with van der Waals surface area (Å²) in [7, 11) is 0.319. The normalized spacial score (nSPS) is 13.8. The number of carbonyl (C=O) groups is 1. The second-order valence-electron chi connectivity index (χ2n) is 5.03. The molecule has 0 aliphatic heterocycles. The minimum Gasteiger partial charge on any atom is -0.495 e. The van der Waals surface area contributed by atoms with E-state index in [1.807, 2.05) is 13.8 Å². The fourth-order valence-corrected chi connectivity index (χ4v) is 2.89. The van der Waals surface area contributed by atoms with Crippen LogP contribution in [0.2, 0.25) is 0 Å². The van der Waals surface area contributed by atoms with E-state index in [1.54, 1.807) is 25.1 Å². The first kappa shape index (κ1) is 16.5. The van der Waals surface area contributed by atoms with Gasteiger partial charge < -0.3 is 15.8 Å². The topological polar surface area (TPSA) is 81.4 Å². The number of methoxy groups -OCH3 is 1. The average molecular weight is 298 g/mol. The highest BCUT2D eigenvalue weighted by molar-refractivity contribution is 7.86. The third-order valence-corrected chi connectivity index (χ3v) is 4.74. The first-order valence-electron chi connectivity index (χ1n) is 6.46. The molecule has 112 valence electrons. The van der Waals surface area contributed by atoms with Gasteiger partial charge >= 0.3 is 0 Å². The second-order valence-corrected chi connectivity index (χ2v) is 6.83. The molecule has 6 heteroatoms. The first-order valence-corrected chi connectivity index (χ1v) is 7.85. The average Bonchev–Trinajstić information content (AvgIpc) is 2.37. The number of amides is 1. The lowest BCUT2D eigenvalue weighted by Crippen LogP contribution is -2.31. The van der Waals surface area contributed by atoms with Gasteiger partial charge in [0.15, 0.2) is 0 Å². The summed E-state index contributed by atoms with van der Waals surface area (Å²) in [5.41, 5.74) is 6.71. The number of hydrogen-bond acceptors (Lipinski definition) is 4. The molecule has 3 N–H and O–H groups in total. The van der Waals surface area contributed by atoms with Gasteiger partial charge in [-0.3, -0.25) is 9.00 Å². The van der Waals surface area contributed by atoms with Crippen molar-refractivity contribution in [3.63, 3.8) is 0 Å². The molecule has 0 bridgehead atoms. The fraction of sp³-hybridized carbons (Fsp3) is 0.500. The SMILES string of the molecule is COc1ccc(N)cc1NC(=O)C(C)S(=O)CC(C)C. The standard InChI is InChI=1S/C14H22N2O3S/c1-9(2)8-20(18)10(3)14(17)16-12-7-11(15)5-6-13(12)19-4/h5-7,9-10H,8,15H2,1-4H3,(H,16,17). The molecule has 0 saturated carbocycles. The van der Waals surface area contributed by atoms with Crippen molar-refractivity contribution in [1.82, 2.24) is 0 Å². The van der Waals surface area contributed by atoms with Crippen LogP contribution in [0, 0.1) is 5.92 Å². The Kier molecular flexibility index (Phi) is 6.01. The summed E-state index contributed by atoms with van der Waals surface area (Å²) in [6, 6.07) is 4.99. The summed E-state index contributed by atoms with van der Waals surface area (Å²) in [5.74, 6) is 1.01. The van der Waals surface area contributed by atoms with Crippen LogP contribution in [0.1, 0.15) is 20.8 Å². The molecule has 0 aromatic heterocycles. The lowest BCUT2D eigenvalue weighted by molar-refractivity contribution is -0.115. The minimum absolute atomic E-state index is 0.285. The van der Waals surface area contributed by atoms with E-state index in [1.165, 1.54) is 7.11 Å². The summed E-state index contributed by atoms with van der Waals surface area (Å²) < 4.78 is 17.2. The number of anilines is 2. The van der Waals surface area contributed by atoms with E-state index >= 15 is 0 Å². The molecule has 0 heterocycles. The molecule has 0 radical (unpaired) electrons. The van der Waals surface area contributed by atoms with Crippen LogP contribution >= 0.6 is 0 Å². The molecule has 2 atom stereocenters. The van der Waals surface area contributed by atoms with Gasteiger partial charge in [0.25, 0.3) is 0 Å². The van der Waals surface area contributed by atoms with Crippen LogP contribution in [0.15, 0.2) is 18.2 Å². The van der Waals surface area contributed by atoms with Crippen molar-refractivity contribution < 1.29 is 13.7 Å². The maximum atomic E-state index is 12.1. The molecule has 1 amide bonds. The molecule has 2 unspecified atom stereocenters. The van der Waals surface area contributed by atoms with Crippen molar-refractivity contribution in [2.75, 3.05) is 23.9 Å². The van der Waals surface area contributed by atoms with Crippen molar-refractivity contribution in [1.29, 1.82) is 0 Å². The van der Waals surface area contributed by atoms with E-state index in [0.717, 1.165) is 0 Å². The molecule has 0 aliphatic rings. The highest BCUT2D eigenvalue weighted by Gasteiger charge is 2.21. The van der Waals surface area contributed by atoms with Crippen molar-refractivity contribution in [3.8, 4) is 5.75 Å². The van der Waals surface area contributed by atoms with Gasteiger partial charge in [0.05, 0.1) is 12.8 Å². The molecular weight excluding hydrogens is 276 g/mol. The van der Waals surface area contributed by atoms with Crippen molar-refractivity contribution in [3.05, 3.63) is 18.2 Å². The summed E-state index contributed by atoms with van der Waals surface area (Å²) in [6.45, 7) is 5.61. The van der Waals surface area contributed by atoms with Crippen LogP contribution in [0.25, 0.3) is 0 Å². The predicted octanol–water partition coefficient (Wildman–Crippen LogP) is 2.01. The van der Waals surface area contributed by atoms with Crippen LogP contribution in [0.4, 0.5) is 11.4 Å². The number of nitrogen functional groups attached to an aromatic ring is 1. The van der Waals surface area contributed by atoms with Gasteiger partial charge in [-0.2, -0.15) is 0 Å². The van der Waals surface area contributed by atoms with Crippen molar-refractivity contribution in [2.45, 2.75) is 26.0 Å². The van der Waals surface area contributed by atoms with Gasteiger partial charge in [-0.1, -0.05) is 13.8 Å². The highest BCUT2D eigenvalue weighted by atomic mass is 32.2. The maximum Gasteiger partial charge on any atom is 0.239 e. The Morgan fingerprint density at radius 1 is 1.40 bits per heavy atom. The molecule has 0 saturated heterocycles. The van der Waals surface area contributed by atoms with Gasteiger partial charge in [0, 0.05) is 22.2 Å². The van der Waals surface area contributed by atoms with Gasteiger partial charge in [0.2, 0.25) is 5.91 Å². The van der Waals surface area contributed by atoms with E-state index in [-0.39, 0.29) is 11.8 Å². The Morgan fingerprint density at radius 3 is 2.60 bits per heavy atom. The molecular formula is C14H22N2O3S. The molecule has 1 aromatic carbocycles. The molecule has 0 aliphatic carbocycles. The fourth-order valence-electron chi connectivity index (χ4n) is 1.65. The zero-order chi connectivity index (χ0) is 15.3. The summed E-state index contributed by atoms with van der Waals surface area (Å²) in [4.78, 5) is 12.1. The maximum absolute atomic E-state index is 12.1. The third-order valence-electron chi connectivity index (χ3n) is 2.74. The lowest BCUT2D eigenvalue weighted by Gasteiger charge is -2.15. The van der Waals surface area contributed by atoms with E-state index < -0.39 is 16.0 Å². The van der Waals surface area contributed by atoms with Crippen LogP contribution in [-0.4, -0.2) is 28.2 Å². The number of carbonyl (C=O) groups excluding carboxylic acids is 1. The molecule has 0 spiro atoms. The zero-order valence-corrected chi connectivity index (χ0v) is 13.1. The Morgan fingerprint density at radius 2 is 2.05 bits per heavy atom. The van der Waals surface area contributed by atoms with Gasteiger partial charge in [-0.15, -0.1) is 0 Å². The number of rotatable bonds is 6. The van der Waals surface area contributed by atoms with Gasteiger partial charge in [0.1, 0.15) is 11.0 Å². The van der Waals surface area contributed by atoms with Crippen LogP contribution in [-0.2, 0) is 15.6 Å².